The van der Waals surface area contributed by atoms with Crippen molar-refractivity contribution in [2.24, 2.45) is 5.92 Å². The van der Waals surface area contributed by atoms with Crippen molar-refractivity contribution in [1.29, 1.82) is 0 Å². The van der Waals surface area contributed by atoms with E-state index < -0.39 is 0 Å². The van der Waals surface area contributed by atoms with Gasteiger partial charge in [-0.3, -0.25) is 9.88 Å². The minimum Gasteiger partial charge on any atom is -0.496 e. The van der Waals surface area contributed by atoms with E-state index in [0.29, 0.717) is 12.5 Å². The van der Waals surface area contributed by atoms with Crippen LogP contribution in [0.4, 0.5) is 0 Å². The van der Waals surface area contributed by atoms with E-state index in [2.05, 4.69) is 16.8 Å². The Balaban J connectivity index is 1.80. The lowest BCUT2D eigenvalue weighted by atomic mass is 9.94. The van der Waals surface area contributed by atoms with E-state index in [1.54, 1.807) is 7.11 Å². The van der Waals surface area contributed by atoms with E-state index >= 15 is 0 Å². The van der Waals surface area contributed by atoms with Gasteiger partial charge in [0.15, 0.2) is 0 Å². The second kappa shape index (κ2) is 7.16. The summed E-state index contributed by atoms with van der Waals surface area (Å²) in [6.07, 6.45) is 4.83. The summed E-state index contributed by atoms with van der Waals surface area (Å²) < 4.78 is 11.2. The Bertz CT molecular complexity index is 549. The number of hydrogen-bond acceptors (Lipinski definition) is 5. The lowest BCUT2D eigenvalue weighted by Crippen LogP contribution is -2.50. The summed E-state index contributed by atoms with van der Waals surface area (Å²) in [5, 5.41) is 10.3. The number of hydrogen-bond donors (Lipinski definition) is 1. The van der Waals surface area contributed by atoms with Crippen LogP contribution in [0.5, 0.6) is 5.75 Å². The van der Waals surface area contributed by atoms with Crippen LogP contribution in [-0.4, -0.2) is 54.0 Å². The van der Waals surface area contributed by atoms with Gasteiger partial charge < -0.3 is 14.6 Å². The lowest BCUT2D eigenvalue weighted by molar-refractivity contribution is -0.0541. The van der Waals surface area contributed by atoms with E-state index in [9.17, 15) is 5.11 Å². The van der Waals surface area contributed by atoms with Gasteiger partial charge in [0.25, 0.3) is 0 Å². The van der Waals surface area contributed by atoms with Gasteiger partial charge in [-0.15, -0.1) is 0 Å². The van der Waals surface area contributed by atoms with E-state index in [-0.39, 0.29) is 12.1 Å². The standard InChI is InChI=1S/C18H28N2O3/c1-12-9-19-15(13(2)18(12)22-3)10-20-7-8-23-11-16(20)14-5-4-6-17(14)21/h9,14,16-17,21H,4-8,10-11H2,1-3H3. The molecule has 0 radical (unpaired) electrons. The third kappa shape index (κ3) is 3.37. The van der Waals surface area contributed by atoms with Gasteiger partial charge in [-0.2, -0.15) is 0 Å². The van der Waals surface area contributed by atoms with Crippen LogP contribution >= 0.6 is 0 Å². The molecule has 1 aromatic rings. The van der Waals surface area contributed by atoms with Crippen molar-refractivity contribution in [1.82, 2.24) is 9.88 Å². The highest BCUT2D eigenvalue weighted by Crippen LogP contribution is 2.33. The highest BCUT2D eigenvalue weighted by atomic mass is 16.5. The maximum Gasteiger partial charge on any atom is 0.128 e. The smallest absolute Gasteiger partial charge is 0.128 e. The second-order valence-electron chi connectivity index (χ2n) is 6.82. The molecule has 2 fully saturated rings. The van der Waals surface area contributed by atoms with Crippen molar-refractivity contribution >= 4 is 0 Å². The molecule has 0 aromatic carbocycles. The van der Waals surface area contributed by atoms with Crippen LogP contribution in [0.3, 0.4) is 0 Å². The van der Waals surface area contributed by atoms with E-state index in [4.69, 9.17) is 9.47 Å². The molecule has 0 bridgehead atoms. The topological polar surface area (TPSA) is 54.8 Å². The summed E-state index contributed by atoms with van der Waals surface area (Å²) in [6, 6.07) is 0.287. The SMILES string of the molecule is COc1c(C)cnc(CN2CCOCC2C2CCCC2O)c1C. The van der Waals surface area contributed by atoms with E-state index in [0.717, 1.165) is 61.5 Å². The number of pyridine rings is 1. The van der Waals surface area contributed by atoms with Crippen LogP contribution in [0.25, 0.3) is 0 Å². The monoisotopic (exact) mass is 320 g/mol. The van der Waals surface area contributed by atoms with Crippen molar-refractivity contribution in [2.75, 3.05) is 26.9 Å². The number of morpholine rings is 1. The average molecular weight is 320 g/mol. The minimum atomic E-state index is -0.189. The van der Waals surface area contributed by atoms with Crippen LogP contribution in [-0.2, 0) is 11.3 Å². The summed E-state index contributed by atoms with van der Waals surface area (Å²) in [6.45, 7) is 7.25. The number of ether oxygens (including phenoxy) is 2. The van der Waals surface area contributed by atoms with Gasteiger partial charge in [0, 0.05) is 42.4 Å². The molecule has 1 aliphatic heterocycles. The Labute approximate surface area is 138 Å². The third-order valence-corrected chi connectivity index (χ3v) is 5.41. The number of aliphatic hydroxyl groups is 1. The van der Waals surface area contributed by atoms with Gasteiger partial charge in [0.1, 0.15) is 5.75 Å². The number of aliphatic hydroxyl groups excluding tert-OH is 1. The van der Waals surface area contributed by atoms with Gasteiger partial charge in [-0.05, 0) is 26.7 Å². The molecule has 128 valence electrons. The summed E-state index contributed by atoms with van der Waals surface area (Å²) in [5.74, 6) is 1.25. The molecule has 3 atom stereocenters. The molecule has 2 heterocycles. The Hall–Kier alpha value is -1.17. The molecule has 23 heavy (non-hydrogen) atoms. The van der Waals surface area contributed by atoms with Crippen molar-refractivity contribution in [3.8, 4) is 5.75 Å². The molecule has 3 rings (SSSR count). The van der Waals surface area contributed by atoms with Crippen LogP contribution in [0.15, 0.2) is 6.20 Å². The summed E-state index contributed by atoms with van der Waals surface area (Å²) in [5.41, 5.74) is 3.25. The fourth-order valence-electron chi connectivity index (χ4n) is 4.09. The maximum absolute atomic E-state index is 10.3. The molecule has 1 saturated heterocycles. The van der Waals surface area contributed by atoms with Crippen LogP contribution in [0.2, 0.25) is 0 Å². The van der Waals surface area contributed by atoms with E-state index in [1.807, 2.05) is 13.1 Å². The van der Waals surface area contributed by atoms with Gasteiger partial charge in [-0.1, -0.05) is 6.42 Å². The Morgan fingerprint density at radius 3 is 2.91 bits per heavy atom. The largest absolute Gasteiger partial charge is 0.496 e. The normalized spacial score (nSPS) is 29.0. The molecule has 0 spiro atoms. The fourth-order valence-corrected chi connectivity index (χ4v) is 4.09. The maximum atomic E-state index is 10.3. The minimum absolute atomic E-state index is 0.189. The molecular formula is C18H28N2O3. The molecular weight excluding hydrogens is 292 g/mol. The quantitative estimate of drug-likeness (QED) is 0.920. The van der Waals surface area contributed by atoms with Crippen LogP contribution in [0, 0.1) is 19.8 Å². The van der Waals surface area contributed by atoms with Gasteiger partial charge in [0.05, 0.1) is 32.1 Å². The molecule has 1 N–H and O–H groups in total. The highest BCUT2D eigenvalue weighted by Gasteiger charge is 2.37. The average Bonchev–Trinajstić information content (AvgIpc) is 2.97. The Morgan fingerprint density at radius 1 is 1.39 bits per heavy atom. The summed E-state index contributed by atoms with van der Waals surface area (Å²) >= 11 is 0. The van der Waals surface area contributed by atoms with Crippen molar-refractivity contribution in [2.45, 2.75) is 51.8 Å². The first-order chi connectivity index (χ1) is 11.1. The van der Waals surface area contributed by atoms with Gasteiger partial charge in [0.2, 0.25) is 0 Å². The number of nitrogens with zero attached hydrogens (tertiary/aromatic N) is 2. The number of methoxy groups -OCH3 is 1. The first kappa shape index (κ1) is 16.7. The number of aromatic nitrogens is 1. The van der Waals surface area contributed by atoms with Gasteiger partial charge in [-0.25, -0.2) is 0 Å². The molecule has 1 saturated carbocycles. The predicted molar refractivity (Wildman–Crippen MR) is 88.6 cm³/mol. The first-order valence-corrected chi connectivity index (χ1v) is 8.60. The summed E-state index contributed by atoms with van der Waals surface area (Å²) in [4.78, 5) is 7.07. The van der Waals surface area contributed by atoms with Gasteiger partial charge >= 0.3 is 0 Å². The molecule has 3 unspecified atom stereocenters. The van der Waals surface area contributed by atoms with E-state index in [1.165, 1.54) is 0 Å². The molecule has 5 nitrogen and oxygen atoms in total. The molecule has 1 aromatic heterocycles. The highest BCUT2D eigenvalue weighted by molar-refractivity contribution is 5.41. The zero-order valence-electron chi connectivity index (χ0n) is 14.4. The van der Waals surface area contributed by atoms with Crippen LogP contribution in [0.1, 0.15) is 36.1 Å². The lowest BCUT2D eigenvalue weighted by Gasteiger charge is -2.40. The molecule has 5 heteroatoms. The van der Waals surface area contributed by atoms with Crippen molar-refractivity contribution in [3.05, 3.63) is 23.0 Å². The summed E-state index contributed by atoms with van der Waals surface area (Å²) in [7, 11) is 1.71. The molecule has 2 aliphatic rings. The zero-order valence-corrected chi connectivity index (χ0v) is 14.4. The second-order valence-corrected chi connectivity index (χ2v) is 6.82. The Morgan fingerprint density at radius 2 is 2.22 bits per heavy atom. The zero-order chi connectivity index (χ0) is 16.4. The fraction of sp³-hybridized carbons (Fsp3) is 0.722. The number of rotatable bonds is 4. The number of aryl methyl sites for hydroxylation is 1. The van der Waals surface area contributed by atoms with Crippen LogP contribution < -0.4 is 4.74 Å². The molecule has 1 aliphatic carbocycles. The molecule has 0 amide bonds. The van der Waals surface area contributed by atoms with Crippen molar-refractivity contribution < 1.29 is 14.6 Å². The predicted octanol–water partition coefficient (Wildman–Crippen LogP) is 2.07. The van der Waals surface area contributed by atoms with Crippen molar-refractivity contribution in [3.63, 3.8) is 0 Å². The first-order valence-electron chi connectivity index (χ1n) is 8.60. The third-order valence-electron chi connectivity index (χ3n) is 5.41. The Kier molecular flexibility index (Phi) is 5.19.